The summed E-state index contributed by atoms with van der Waals surface area (Å²) < 4.78 is 18.3. The fourth-order valence-corrected chi connectivity index (χ4v) is 1.71. The van der Waals surface area contributed by atoms with Gasteiger partial charge in [0, 0.05) is 13.0 Å². The first-order chi connectivity index (χ1) is 8.52. The lowest BCUT2D eigenvalue weighted by atomic mass is 10.1. The zero-order valence-corrected chi connectivity index (χ0v) is 9.46. The number of halogens is 1. The predicted molar refractivity (Wildman–Crippen MR) is 56.6 cm³/mol. The van der Waals surface area contributed by atoms with Crippen molar-refractivity contribution in [3.05, 3.63) is 12.0 Å². The summed E-state index contributed by atoms with van der Waals surface area (Å²) in [5, 5.41) is 8.84. The van der Waals surface area contributed by atoms with Gasteiger partial charge in [-0.1, -0.05) is 0 Å². The smallest absolute Gasteiger partial charge is 0.318 e. The van der Waals surface area contributed by atoms with Crippen molar-refractivity contribution in [3.8, 4) is 6.01 Å². The number of methoxy groups -OCH3 is 1. The Balaban J connectivity index is 2.32. The molecule has 0 aromatic carbocycles. The van der Waals surface area contributed by atoms with Gasteiger partial charge in [-0.15, -0.1) is 0 Å². The van der Waals surface area contributed by atoms with Gasteiger partial charge in [-0.2, -0.15) is 4.98 Å². The monoisotopic (exact) mass is 255 g/mol. The number of carboxylic acids is 1. The molecule has 0 spiro atoms. The second-order valence-electron chi connectivity index (χ2n) is 3.77. The molecule has 0 aliphatic carbocycles. The van der Waals surface area contributed by atoms with Crippen molar-refractivity contribution in [2.75, 3.05) is 18.6 Å². The zero-order valence-electron chi connectivity index (χ0n) is 9.46. The van der Waals surface area contributed by atoms with Crippen LogP contribution in [-0.4, -0.2) is 40.6 Å². The number of anilines is 1. The summed E-state index contributed by atoms with van der Waals surface area (Å²) in [5.74, 6) is -3.47. The molecular formula is C10H10FN3O4. The minimum Gasteiger partial charge on any atom is -0.481 e. The molecule has 1 saturated heterocycles. The predicted octanol–water partition coefficient (Wildman–Crippen LogP) is 0.0618. The van der Waals surface area contributed by atoms with Crippen LogP contribution in [-0.2, 0) is 9.59 Å². The van der Waals surface area contributed by atoms with E-state index in [1.54, 1.807) is 0 Å². The number of ether oxygens (including phenoxy) is 1. The maximum Gasteiger partial charge on any atom is 0.318 e. The molecule has 1 unspecified atom stereocenters. The van der Waals surface area contributed by atoms with Crippen LogP contribution in [0.3, 0.4) is 0 Å². The Kier molecular flexibility index (Phi) is 3.09. The first kappa shape index (κ1) is 12.2. The Labute approximate surface area is 101 Å². The average Bonchev–Trinajstić information content (AvgIpc) is 2.72. The second kappa shape index (κ2) is 4.55. The normalized spacial score (nSPS) is 19.1. The van der Waals surface area contributed by atoms with Gasteiger partial charge < -0.3 is 9.84 Å². The third kappa shape index (κ3) is 2.08. The highest BCUT2D eigenvalue weighted by Crippen LogP contribution is 2.26. The number of hydrogen-bond donors (Lipinski definition) is 1. The molecule has 0 radical (unpaired) electrons. The molecule has 1 aliphatic rings. The summed E-state index contributed by atoms with van der Waals surface area (Å²) in [6.45, 7) is -0.106. The van der Waals surface area contributed by atoms with Gasteiger partial charge in [0.15, 0.2) is 11.6 Å². The topological polar surface area (TPSA) is 92.6 Å². The van der Waals surface area contributed by atoms with Crippen LogP contribution in [0.25, 0.3) is 0 Å². The molecule has 2 rings (SSSR count). The summed E-state index contributed by atoms with van der Waals surface area (Å²) in [6.07, 6.45) is 0.712. The SMILES string of the molecule is COc1ncc(F)c(N2CC(C(=O)O)CC2=O)n1. The molecular weight excluding hydrogens is 245 g/mol. The van der Waals surface area contributed by atoms with Gasteiger partial charge in [0.05, 0.1) is 19.2 Å². The Morgan fingerprint density at radius 2 is 2.39 bits per heavy atom. The van der Waals surface area contributed by atoms with Crippen LogP contribution in [0.1, 0.15) is 6.42 Å². The molecule has 8 heteroatoms. The lowest BCUT2D eigenvalue weighted by molar-refractivity contribution is -0.141. The minimum absolute atomic E-state index is 0.0852. The van der Waals surface area contributed by atoms with Crippen LogP contribution in [0, 0.1) is 11.7 Å². The fraction of sp³-hybridized carbons (Fsp3) is 0.400. The fourth-order valence-electron chi connectivity index (χ4n) is 1.71. The molecule has 1 fully saturated rings. The number of rotatable bonds is 3. The number of carboxylic acid groups (broad SMARTS) is 1. The molecule has 0 saturated carbocycles. The number of amides is 1. The molecule has 7 nitrogen and oxygen atoms in total. The van der Waals surface area contributed by atoms with E-state index in [2.05, 4.69) is 9.97 Å². The average molecular weight is 255 g/mol. The first-order valence-electron chi connectivity index (χ1n) is 5.12. The van der Waals surface area contributed by atoms with Gasteiger partial charge in [-0.05, 0) is 0 Å². The highest BCUT2D eigenvalue weighted by atomic mass is 19.1. The summed E-state index contributed by atoms with van der Waals surface area (Å²) in [6, 6.07) is -0.0852. The third-order valence-electron chi connectivity index (χ3n) is 2.62. The van der Waals surface area contributed by atoms with Crippen molar-refractivity contribution in [1.82, 2.24) is 9.97 Å². The molecule has 1 aromatic rings. The van der Waals surface area contributed by atoms with Crippen molar-refractivity contribution in [2.45, 2.75) is 6.42 Å². The van der Waals surface area contributed by atoms with E-state index < -0.39 is 23.6 Å². The van der Waals surface area contributed by atoms with Crippen LogP contribution in [0.2, 0.25) is 0 Å². The number of carbonyl (C=O) groups is 2. The molecule has 1 amide bonds. The van der Waals surface area contributed by atoms with Gasteiger partial charge in [0.1, 0.15) is 0 Å². The van der Waals surface area contributed by atoms with Gasteiger partial charge in [0.25, 0.3) is 0 Å². The minimum atomic E-state index is -1.09. The number of aromatic nitrogens is 2. The zero-order chi connectivity index (χ0) is 13.3. The van der Waals surface area contributed by atoms with Gasteiger partial charge >= 0.3 is 12.0 Å². The van der Waals surface area contributed by atoms with Gasteiger partial charge in [0.2, 0.25) is 5.91 Å². The lowest BCUT2D eigenvalue weighted by Gasteiger charge is -2.15. The number of carbonyl (C=O) groups excluding carboxylic acids is 1. The summed E-state index contributed by atoms with van der Waals surface area (Å²) in [4.78, 5) is 30.7. The standard InChI is InChI=1S/C10H10FN3O4/c1-18-10-12-3-6(11)8(13-10)14-4-5(9(16)17)2-7(14)15/h3,5H,2,4H2,1H3,(H,16,17). The van der Waals surface area contributed by atoms with Crippen molar-refractivity contribution in [2.24, 2.45) is 5.92 Å². The van der Waals surface area contributed by atoms with E-state index in [-0.39, 0.29) is 24.8 Å². The van der Waals surface area contributed by atoms with Crippen LogP contribution in [0.4, 0.5) is 10.2 Å². The molecule has 18 heavy (non-hydrogen) atoms. The maximum absolute atomic E-state index is 13.5. The van der Waals surface area contributed by atoms with Crippen molar-refractivity contribution in [3.63, 3.8) is 0 Å². The summed E-state index contributed by atoms with van der Waals surface area (Å²) in [5.41, 5.74) is 0. The largest absolute Gasteiger partial charge is 0.481 e. The van der Waals surface area contributed by atoms with E-state index in [0.29, 0.717) is 0 Å². The van der Waals surface area contributed by atoms with Crippen molar-refractivity contribution < 1.29 is 23.8 Å². The molecule has 1 N–H and O–H groups in total. The lowest BCUT2D eigenvalue weighted by Crippen LogP contribution is -2.28. The first-order valence-corrected chi connectivity index (χ1v) is 5.12. The highest BCUT2D eigenvalue weighted by molar-refractivity contribution is 5.98. The van der Waals surface area contributed by atoms with Crippen molar-refractivity contribution >= 4 is 17.7 Å². The molecule has 96 valence electrons. The Hall–Kier alpha value is -2.25. The van der Waals surface area contributed by atoms with E-state index in [1.807, 2.05) is 0 Å². The number of hydrogen-bond acceptors (Lipinski definition) is 5. The molecule has 2 heterocycles. The number of nitrogens with zero attached hydrogens (tertiary/aromatic N) is 3. The van der Waals surface area contributed by atoms with Crippen LogP contribution < -0.4 is 9.64 Å². The Bertz CT molecular complexity index is 508. The molecule has 1 aliphatic heterocycles. The quantitative estimate of drug-likeness (QED) is 0.821. The van der Waals surface area contributed by atoms with E-state index in [9.17, 15) is 14.0 Å². The molecule has 1 atom stereocenters. The third-order valence-corrected chi connectivity index (χ3v) is 2.62. The van der Waals surface area contributed by atoms with Crippen LogP contribution >= 0.6 is 0 Å². The summed E-state index contributed by atoms with van der Waals surface area (Å²) >= 11 is 0. The van der Waals surface area contributed by atoms with E-state index >= 15 is 0 Å². The van der Waals surface area contributed by atoms with E-state index in [1.165, 1.54) is 7.11 Å². The van der Waals surface area contributed by atoms with Crippen molar-refractivity contribution in [1.29, 1.82) is 0 Å². The molecule has 1 aromatic heterocycles. The highest BCUT2D eigenvalue weighted by Gasteiger charge is 2.37. The van der Waals surface area contributed by atoms with Crippen LogP contribution in [0.15, 0.2) is 6.20 Å². The van der Waals surface area contributed by atoms with Crippen LogP contribution in [0.5, 0.6) is 6.01 Å². The van der Waals surface area contributed by atoms with E-state index in [0.717, 1.165) is 11.1 Å². The Morgan fingerprint density at radius 1 is 1.67 bits per heavy atom. The maximum atomic E-state index is 13.5. The van der Waals surface area contributed by atoms with Gasteiger partial charge in [-0.3, -0.25) is 14.5 Å². The molecule has 0 bridgehead atoms. The summed E-state index contributed by atoms with van der Waals surface area (Å²) in [7, 11) is 1.31. The van der Waals surface area contributed by atoms with Gasteiger partial charge in [-0.25, -0.2) is 9.37 Å². The number of aliphatic carboxylic acids is 1. The van der Waals surface area contributed by atoms with E-state index in [4.69, 9.17) is 9.84 Å². The Morgan fingerprint density at radius 3 is 2.94 bits per heavy atom. The second-order valence-corrected chi connectivity index (χ2v) is 3.77.